The summed E-state index contributed by atoms with van der Waals surface area (Å²) in [5, 5.41) is 0. The average Bonchev–Trinajstić information content (AvgIpc) is 3.27. The molecule has 5 rings (SSSR count). The van der Waals surface area contributed by atoms with Crippen molar-refractivity contribution < 1.29 is 9.53 Å². The molecule has 0 saturated heterocycles. The number of carbonyl (C=O) groups is 1. The van der Waals surface area contributed by atoms with E-state index in [1.165, 1.54) is 27.7 Å². The molecule has 1 amide bonds. The van der Waals surface area contributed by atoms with E-state index in [1.807, 2.05) is 51.1 Å². The highest BCUT2D eigenvalue weighted by Crippen LogP contribution is 2.33. The molecule has 0 bridgehead atoms. The Morgan fingerprint density at radius 1 is 1.11 bits per heavy atom. The van der Waals surface area contributed by atoms with Crippen LogP contribution in [0.3, 0.4) is 0 Å². The summed E-state index contributed by atoms with van der Waals surface area (Å²) in [6, 6.07) is 12.8. The Hall–Kier alpha value is -3.37. The lowest BCUT2D eigenvalue weighted by atomic mass is 10.1. The number of aryl methyl sites for hydroxylation is 2. The smallest absolute Gasteiger partial charge is 0.337 e. The summed E-state index contributed by atoms with van der Waals surface area (Å²) >= 11 is 2.75. The molecule has 0 N–H and O–H groups in total. The highest BCUT2D eigenvalue weighted by Gasteiger charge is 2.27. The molecule has 180 valence electrons. The monoisotopic (exact) mass is 508 g/mol. The lowest BCUT2D eigenvalue weighted by Crippen LogP contribution is -2.44. The first-order valence-electron chi connectivity index (χ1n) is 11.3. The molecule has 1 aliphatic rings. The minimum absolute atomic E-state index is 0.241. The number of ether oxygens (including phenoxy) is 1. The first-order chi connectivity index (χ1) is 16.9. The Kier molecular flexibility index (Phi) is 6.24. The van der Waals surface area contributed by atoms with Gasteiger partial charge in [-0.2, -0.15) is 0 Å². The molecule has 4 aromatic rings. The van der Waals surface area contributed by atoms with Gasteiger partial charge in [-0.05, 0) is 49.4 Å². The van der Waals surface area contributed by atoms with E-state index in [-0.39, 0.29) is 18.1 Å². The van der Waals surface area contributed by atoms with Crippen molar-refractivity contribution in [3.05, 3.63) is 74.4 Å². The van der Waals surface area contributed by atoms with Crippen molar-refractivity contribution in [1.29, 1.82) is 0 Å². The van der Waals surface area contributed by atoms with Gasteiger partial charge in [0.25, 0.3) is 5.56 Å². The summed E-state index contributed by atoms with van der Waals surface area (Å²) in [6.07, 6.45) is 0. The molecule has 0 atom stereocenters. The lowest BCUT2D eigenvalue weighted by molar-refractivity contribution is -0.119. The minimum Gasteiger partial charge on any atom is -0.490 e. The van der Waals surface area contributed by atoms with Gasteiger partial charge >= 0.3 is 5.69 Å². The van der Waals surface area contributed by atoms with Crippen LogP contribution in [0.2, 0.25) is 0 Å². The van der Waals surface area contributed by atoms with Crippen molar-refractivity contribution in [1.82, 2.24) is 14.1 Å². The number of carbonyl (C=O) groups excluding carboxylic acids is 1. The van der Waals surface area contributed by atoms with Gasteiger partial charge in [0.1, 0.15) is 23.6 Å². The van der Waals surface area contributed by atoms with E-state index in [4.69, 9.17) is 4.74 Å². The van der Waals surface area contributed by atoms with E-state index in [9.17, 15) is 14.4 Å². The summed E-state index contributed by atoms with van der Waals surface area (Å²) in [7, 11) is 0. The molecule has 0 spiro atoms. The van der Waals surface area contributed by atoms with Crippen molar-refractivity contribution in [3.8, 4) is 11.4 Å². The van der Waals surface area contributed by atoms with Crippen molar-refractivity contribution in [2.75, 3.05) is 23.8 Å². The third-order valence-electron chi connectivity index (χ3n) is 5.80. The summed E-state index contributed by atoms with van der Waals surface area (Å²) in [5.74, 6) is 1.14. The van der Waals surface area contributed by atoms with E-state index in [2.05, 4.69) is 4.98 Å². The number of thioether (sulfide) groups is 1. The normalized spacial score (nSPS) is 13.1. The first-order valence-corrected chi connectivity index (χ1v) is 13.1. The Balaban J connectivity index is 1.65. The van der Waals surface area contributed by atoms with Gasteiger partial charge in [0, 0.05) is 0 Å². The number of hydrogen-bond donors (Lipinski definition) is 0. The number of rotatable bonds is 5. The van der Waals surface area contributed by atoms with Gasteiger partial charge in [0.15, 0.2) is 9.99 Å². The molecule has 0 radical (unpaired) electrons. The molecule has 2 aromatic heterocycles. The van der Waals surface area contributed by atoms with Crippen LogP contribution in [-0.2, 0) is 11.3 Å². The molecule has 0 saturated carbocycles. The number of nitrogens with zero attached hydrogens (tertiary/aromatic N) is 4. The molecular formula is C25H24N4O4S2. The second-order valence-electron chi connectivity index (χ2n) is 8.28. The van der Waals surface area contributed by atoms with Crippen LogP contribution in [0.1, 0.15) is 18.1 Å². The summed E-state index contributed by atoms with van der Waals surface area (Å²) in [4.78, 5) is 46.8. The standard InChI is InChI=1S/C25H24N4O4S2/c1-4-34-24-26-22-21(35-24)23(31)29(17-8-5-15(2)6-9-17)25(32)28(22)14-20(30)27-11-12-33-19-10-7-16(3)13-18(19)27/h5-10,13H,4,11-12,14H2,1-3H3. The van der Waals surface area contributed by atoms with E-state index >= 15 is 0 Å². The van der Waals surface area contributed by atoms with Crippen LogP contribution in [-0.4, -0.2) is 38.9 Å². The van der Waals surface area contributed by atoms with Gasteiger partial charge in [-0.1, -0.05) is 42.4 Å². The number of benzene rings is 2. The molecule has 0 fully saturated rings. The fourth-order valence-electron chi connectivity index (χ4n) is 4.07. The average molecular weight is 509 g/mol. The molecule has 10 heteroatoms. The summed E-state index contributed by atoms with van der Waals surface area (Å²) in [6.45, 7) is 6.38. The first kappa shape index (κ1) is 23.4. The van der Waals surface area contributed by atoms with Crippen LogP contribution in [0.4, 0.5) is 5.69 Å². The largest absolute Gasteiger partial charge is 0.490 e. The highest BCUT2D eigenvalue weighted by molar-refractivity contribution is 8.01. The zero-order valence-corrected chi connectivity index (χ0v) is 21.2. The van der Waals surface area contributed by atoms with Crippen LogP contribution in [0.15, 0.2) is 56.4 Å². The van der Waals surface area contributed by atoms with Crippen LogP contribution >= 0.6 is 23.1 Å². The Morgan fingerprint density at radius 2 is 1.86 bits per heavy atom. The fourth-order valence-corrected chi connectivity index (χ4v) is 6.04. The van der Waals surface area contributed by atoms with Gasteiger partial charge < -0.3 is 9.64 Å². The highest BCUT2D eigenvalue weighted by atomic mass is 32.2. The molecule has 2 aromatic carbocycles. The number of hydrogen-bond acceptors (Lipinski definition) is 7. The van der Waals surface area contributed by atoms with Gasteiger partial charge in [-0.3, -0.25) is 14.2 Å². The van der Waals surface area contributed by atoms with Crippen molar-refractivity contribution in [2.24, 2.45) is 0 Å². The maximum atomic E-state index is 13.7. The van der Waals surface area contributed by atoms with Crippen molar-refractivity contribution in [2.45, 2.75) is 31.7 Å². The third-order valence-corrected chi connectivity index (χ3v) is 7.85. The topological polar surface area (TPSA) is 86.4 Å². The summed E-state index contributed by atoms with van der Waals surface area (Å²) in [5.41, 5.74) is 2.38. The second kappa shape index (κ2) is 9.35. The van der Waals surface area contributed by atoms with E-state index in [0.29, 0.717) is 39.3 Å². The van der Waals surface area contributed by atoms with Crippen LogP contribution in [0, 0.1) is 13.8 Å². The number of anilines is 1. The van der Waals surface area contributed by atoms with Crippen LogP contribution < -0.4 is 20.9 Å². The number of amides is 1. The molecule has 0 unspecified atom stereocenters. The zero-order valence-electron chi connectivity index (χ0n) is 19.6. The maximum absolute atomic E-state index is 13.7. The van der Waals surface area contributed by atoms with Gasteiger partial charge in [0.2, 0.25) is 5.91 Å². The SMILES string of the molecule is CCSc1nc2c(s1)c(=O)n(-c1ccc(C)cc1)c(=O)n2CC(=O)N1CCOc2ccc(C)cc21. The number of aromatic nitrogens is 3. The predicted octanol–water partition coefficient (Wildman–Crippen LogP) is 3.76. The van der Waals surface area contributed by atoms with Gasteiger partial charge in [-0.25, -0.2) is 14.3 Å². The van der Waals surface area contributed by atoms with Gasteiger partial charge in [0.05, 0.1) is 17.9 Å². The predicted molar refractivity (Wildman–Crippen MR) is 140 cm³/mol. The second-order valence-corrected chi connectivity index (χ2v) is 10.8. The molecule has 1 aliphatic heterocycles. The molecule has 0 aliphatic carbocycles. The van der Waals surface area contributed by atoms with Crippen molar-refractivity contribution in [3.63, 3.8) is 0 Å². The Bertz CT molecular complexity index is 1550. The molecule has 8 nitrogen and oxygen atoms in total. The molecule has 3 heterocycles. The van der Waals surface area contributed by atoms with Crippen LogP contribution in [0.5, 0.6) is 5.75 Å². The Morgan fingerprint density at radius 3 is 2.60 bits per heavy atom. The fraction of sp³-hybridized carbons (Fsp3) is 0.280. The minimum atomic E-state index is -0.587. The van der Waals surface area contributed by atoms with E-state index in [0.717, 1.165) is 21.4 Å². The van der Waals surface area contributed by atoms with E-state index < -0.39 is 11.2 Å². The maximum Gasteiger partial charge on any atom is 0.337 e. The zero-order chi connectivity index (χ0) is 24.7. The molecule has 35 heavy (non-hydrogen) atoms. The number of fused-ring (bicyclic) bond motifs is 2. The van der Waals surface area contributed by atoms with Crippen molar-refractivity contribution >= 4 is 45.0 Å². The number of thiazole rings is 1. The van der Waals surface area contributed by atoms with Crippen LogP contribution in [0.25, 0.3) is 16.0 Å². The molecular weight excluding hydrogens is 484 g/mol. The Labute approximate surface area is 209 Å². The van der Waals surface area contributed by atoms with Gasteiger partial charge in [-0.15, -0.1) is 11.3 Å². The summed E-state index contributed by atoms with van der Waals surface area (Å²) < 4.78 is 9.21. The quantitative estimate of drug-likeness (QED) is 0.382. The lowest BCUT2D eigenvalue weighted by Gasteiger charge is -2.30. The van der Waals surface area contributed by atoms with E-state index in [1.54, 1.807) is 17.0 Å². The third kappa shape index (κ3) is 4.28.